The third-order valence-corrected chi connectivity index (χ3v) is 2.52. The maximum Gasteiger partial charge on any atom is 0.169 e. The molecule has 12 heavy (non-hydrogen) atoms. The first-order chi connectivity index (χ1) is 5.46. The van der Waals surface area contributed by atoms with Crippen LogP contribution in [0.25, 0.3) is 0 Å². The van der Waals surface area contributed by atoms with E-state index in [0.717, 1.165) is 0 Å². The molecule has 0 atom stereocenters. The predicted octanol–water partition coefficient (Wildman–Crippen LogP) is 3.51. The minimum atomic E-state index is -1.09. The maximum absolute atomic E-state index is 12.8. The van der Waals surface area contributed by atoms with E-state index in [-0.39, 0.29) is 5.02 Å². The zero-order valence-corrected chi connectivity index (χ0v) is 7.73. The molecule has 1 rings (SSSR count). The molecule has 0 fully saturated rings. The standard InChI is InChI=1S/C6H2Cl3F2N/c7-1-2(8)4(10)6(12)5(11)3(1)9/h12H2. The zero-order chi connectivity index (χ0) is 9.46. The number of rotatable bonds is 0. The molecule has 0 radical (unpaired) electrons. The summed E-state index contributed by atoms with van der Waals surface area (Å²) < 4.78 is 25.6. The molecule has 0 heterocycles. The van der Waals surface area contributed by atoms with Crippen molar-refractivity contribution in [3.8, 4) is 0 Å². The number of hydrogen-bond donors (Lipinski definition) is 1. The molecule has 0 saturated heterocycles. The Morgan fingerprint density at radius 2 is 1.17 bits per heavy atom. The summed E-state index contributed by atoms with van der Waals surface area (Å²) in [5.74, 6) is -2.19. The van der Waals surface area contributed by atoms with Gasteiger partial charge in [0, 0.05) is 0 Å². The first kappa shape index (κ1) is 9.84. The maximum atomic E-state index is 12.8. The van der Waals surface area contributed by atoms with E-state index in [0.29, 0.717) is 0 Å². The molecule has 0 amide bonds. The minimum absolute atomic E-state index is 0.373. The van der Waals surface area contributed by atoms with Crippen LogP contribution < -0.4 is 5.73 Å². The normalized spacial score (nSPS) is 10.4. The van der Waals surface area contributed by atoms with Crippen LogP contribution in [0.1, 0.15) is 0 Å². The van der Waals surface area contributed by atoms with Crippen LogP contribution >= 0.6 is 34.8 Å². The number of anilines is 1. The summed E-state index contributed by atoms with van der Waals surface area (Å²) in [6.07, 6.45) is 0. The van der Waals surface area contributed by atoms with Crippen LogP contribution in [0.2, 0.25) is 15.1 Å². The van der Waals surface area contributed by atoms with E-state index in [1.165, 1.54) is 0 Å². The summed E-state index contributed by atoms with van der Waals surface area (Å²) in [5, 5.41) is -1.32. The Bertz CT molecular complexity index is 235. The van der Waals surface area contributed by atoms with Gasteiger partial charge in [-0.1, -0.05) is 34.8 Å². The van der Waals surface area contributed by atoms with E-state index in [1.807, 2.05) is 0 Å². The lowest BCUT2D eigenvalue weighted by Crippen LogP contribution is -1.97. The Labute approximate surface area is 82.0 Å². The lowest BCUT2D eigenvalue weighted by Gasteiger charge is -2.05. The average Bonchev–Trinajstić information content (AvgIpc) is 2.08. The first-order valence-corrected chi connectivity index (χ1v) is 3.87. The van der Waals surface area contributed by atoms with E-state index in [4.69, 9.17) is 40.5 Å². The second-order valence-corrected chi connectivity index (χ2v) is 3.12. The van der Waals surface area contributed by atoms with Crippen molar-refractivity contribution in [1.82, 2.24) is 0 Å². The molecule has 2 N–H and O–H groups in total. The van der Waals surface area contributed by atoms with Crippen LogP contribution in [0, 0.1) is 11.6 Å². The Morgan fingerprint density at radius 1 is 0.833 bits per heavy atom. The predicted molar refractivity (Wildman–Crippen MR) is 45.8 cm³/mol. The molecular formula is C6H2Cl3F2N. The van der Waals surface area contributed by atoms with Gasteiger partial charge >= 0.3 is 0 Å². The summed E-state index contributed by atoms with van der Waals surface area (Å²) in [6, 6.07) is 0. The number of halogens is 5. The smallest absolute Gasteiger partial charge is 0.169 e. The second kappa shape index (κ2) is 3.24. The van der Waals surface area contributed by atoms with Gasteiger partial charge in [-0.05, 0) is 0 Å². The molecule has 1 aromatic rings. The number of benzene rings is 1. The van der Waals surface area contributed by atoms with Crippen molar-refractivity contribution in [3.05, 3.63) is 26.7 Å². The summed E-state index contributed by atoms with van der Waals surface area (Å²) in [6.45, 7) is 0. The largest absolute Gasteiger partial charge is 0.394 e. The molecule has 0 aromatic heterocycles. The zero-order valence-electron chi connectivity index (χ0n) is 5.47. The van der Waals surface area contributed by atoms with Crippen molar-refractivity contribution in [2.24, 2.45) is 0 Å². The Hall–Kier alpha value is -0.250. The van der Waals surface area contributed by atoms with Crippen LogP contribution in [0.5, 0.6) is 0 Å². The summed E-state index contributed by atoms with van der Waals surface area (Å²) >= 11 is 16.0. The average molecular weight is 232 g/mol. The molecule has 0 aliphatic heterocycles. The summed E-state index contributed by atoms with van der Waals surface area (Å²) in [7, 11) is 0. The van der Waals surface area contributed by atoms with E-state index < -0.39 is 27.4 Å². The second-order valence-electron chi connectivity index (χ2n) is 1.98. The lowest BCUT2D eigenvalue weighted by molar-refractivity contribution is 0.592. The molecule has 1 nitrogen and oxygen atoms in total. The molecule has 0 aliphatic rings. The number of nitrogens with two attached hydrogens (primary N) is 1. The van der Waals surface area contributed by atoms with Gasteiger partial charge in [0.2, 0.25) is 0 Å². The third-order valence-electron chi connectivity index (χ3n) is 1.24. The van der Waals surface area contributed by atoms with Gasteiger partial charge in [0.1, 0.15) is 5.69 Å². The SMILES string of the molecule is Nc1c(F)c(Cl)c(Cl)c(Cl)c1F. The highest BCUT2D eigenvalue weighted by Crippen LogP contribution is 2.37. The van der Waals surface area contributed by atoms with Gasteiger partial charge in [-0.2, -0.15) is 0 Å². The highest BCUT2D eigenvalue weighted by Gasteiger charge is 2.19. The van der Waals surface area contributed by atoms with Gasteiger partial charge in [-0.25, -0.2) is 8.78 Å². The molecule has 0 spiro atoms. The Morgan fingerprint density at radius 3 is 1.50 bits per heavy atom. The summed E-state index contributed by atoms with van der Waals surface area (Å²) in [5.41, 5.74) is 4.25. The van der Waals surface area contributed by atoms with Crippen molar-refractivity contribution < 1.29 is 8.78 Å². The molecule has 0 bridgehead atoms. The lowest BCUT2D eigenvalue weighted by atomic mass is 10.3. The Kier molecular flexibility index (Phi) is 2.66. The molecule has 0 saturated carbocycles. The topological polar surface area (TPSA) is 26.0 Å². The van der Waals surface area contributed by atoms with Crippen LogP contribution in [0.3, 0.4) is 0 Å². The van der Waals surface area contributed by atoms with Crippen LogP contribution in [-0.4, -0.2) is 0 Å². The van der Waals surface area contributed by atoms with E-state index in [2.05, 4.69) is 0 Å². The molecule has 0 aliphatic carbocycles. The highest BCUT2D eigenvalue weighted by atomic mass is 35.5. The minimum Gasteiger partial charge on any atom is -0.394 e. The quantitative estimate of drug-likeness (QED) is 0.413. The van der Waals surface area contributed by atoms with Gasteiger partial charge in [0.15, 0.2) is 11.6 Å². The van der Waals surface area contributed by atoms with Crippen molar-refractivity contribution in [2.75, 3.05) is 5.73 Å². The number of hydrogen-bond acceptors (Lipinski definition) is 1. The Balaban J connectivity index is 3.60. The molecule has 1 aromatic carbocycles. The van der Waals surface area contributed by atoms with Gasteiger partial charge in [-0.3, -0.25) is 0 Å². The fraction of sp³-hybridized carbons (Fsp3) is 0. The molecule has 6 heteroatoms. The van der Waals surface area contributed by atoms with Gasteiger partial charge in [0.25, 0.3) is 0 Å². The van der Waals surface area contributed by atoms with Crippen molar-refractivity contribution in [3.63, 3.8) is 0 Å². The molecular weight excluding hydrogens is 230 g/mol. The van der Waals surface area contributed by atoms with Crippen LogP contribution in [0.4, 0.5) is 14.5 Å². The number of nitrogen functional groups attached to an aromatic ring is 1. The van der Waals surface area contributed by atoms with Gasteiger partial charge < -0.3 is 5.73 Å². The third kappa shape index (κ3) is 1.32. The fourth-order valence-electron chi connectivity index (χ4n) is 0.622. The first-order valence-electron chi connectivity index (χ1n) is 2.73. The van der Waals surface area contributed by atoms with Crippen molar-refractivity contribution in [1.29, 1.82) is 0 Å². The highest BCUT2D eigenvalue weighted by molar-refractivity contribution is 6.48. The van der Waals surface area contributed by atoms with Crippen LogP contribution in [0.15, 0.2) is 0 Å². The summed E-state index contributed by atoms with van der Waals surface area (Å²) in [4.78, 5) is 0. The van der Waals surface area contributed by atoms with Crippen molar-refractivity contribution in [2.45, 2.75) is 0 Å². The van der Waals surface area contributed by atoms with E-state index >= 15 is 0 Å². The van der Waals surface area contributed by atoms with Gasteiger partial charge in [0.05, 0.1) is 15.1 Å². The monoisotopic (exact) mass is 231 g/mol. The molecule has 0 unspecified atom stereocenters. The molecule has 66 valence electrons. The van der Waals surface area contributed by atoms with Crippen LogP contribution in [-0.2, 0) is 0 Å². The van der Waals surface area contributed by atoms with Gasteiger partial charge in [-0.15, -0.1) is 0 Å². The fourth-order valence-corrected chi connectivity index (χ4v) is 1.23. The van der Waals surface area contributed by atoms with E-state index in [1.54, 1.807) is 0 Å². The van der Waals surface area contributed by atoms with E-state index in [9.17, 15) is 8.78 Å². The van der Waals surface area contributed by atoms with Crippen molar-refractivity contribution >= 4 is 40.5 Å².